The molecule has 0 aliphatic carbocycles. The third-order valence-corrected chi connectivity index (χ3v) is 7.31. The van der Waals surface area contributed by atoms with Crippen LogP contribution < -0.4 is 15.4 Å². The number of esters is 1. The van der Waals surface area contributed by atoms with E-state index in [1.54, 1.807) is 62.4 Å². The van der Waals surface area contributed by atoms with E-state index in [1.807, 2.05) is 26.0 Å². The van der Waals surface area contributed by atoms with Gasteiger partial charge in [-0.15, -0.1) is 11.8 Å². The molecule has 0 unspecified atom stereocenters. The fraction of sp³-hybridized carbons (Fsp3) is 0.433. The molecule has 0 aromatic heterocycles. The van der Waals surface area contributed by atoms with Gasteiger partial charge in [0.15, 0.2) is 6.61 Å². The molecule has 2 N–H and O–H groups in total. The van der Waals surface area contributed by atoms with Gasteiger partial charge in [0.2, 0.25) is 11.8 Å². The monoisotopic (exact) mass is 583 g/mol. The van der Waals surface area contributed by atoms with Gasteiger partial charge in [0.1, 0.15) is 23.9 Å². The number of hydrogen-bond acceptors (Lipinski definition) is 8. The first-order valence-corrected chi connectivity index (χ1v) is 14.7. The molecule has 11 heteroatoms. The minimum Gasteiger partial charge on any atom is -0.484 e. The van der Waals surface area contributed by atoms with Gasteiger partial charge < -0.3 is 25.0 Å². The summed E-state index contributed by atoms with van der Waals surface area (Å²) in [5.41, 5.74) is 0.701. The Morgan fingerprint density at radius 3 is 2.20 bits per heavy atom. The highest BCUT2D eigenvalue weighted by atomic mass is 32.2. The third kappa shape index (κ3) is 9.34. The van der Waals surface area contributed by atoms with Gasteiger partial charge >= 0.3 is 5.97 Å². The Hall–Kier alpha value is -3.86. The lowest BCUT2D eigenvalue weighted by atomic mass is 9.94. The molecule has 3 rings (SSSR count). The second kappa shape index (κ2) is 15.2. The number of thioether (sulfide) groups is 1. The number of Topliss-reactive ketones (excluding diaryl/α,β-unsaturated/α-hetero) is 1. The summed E-state index contributed by atoms with van der Waals surface area (Å²) in [5, 5.41) is 5.54. The summed E-state index contributed by atoms with van der Waals surface area (Å²) in [7, 11) is 0. The van der Waals surface area contributed by atoms with Crippen LogP contribution in [0.25, 0.3) is 0 Å². The maximum atomic E-state index is 13.6. The molecule has 41 heavy (non-hydrogen) atoms. The standard InChI is InChI=1S/C30H37N3O7S/c1-19(2)26(32-25(34)16-39-22-13-9-6-10-14-22)29(37)33-18-41-17-24(33)31-28(36)23(15-21-11-7-5-8-12-21)27(35)30(38)40-20(3)4/h5-14,19-20,23-24,26H,15-18H2,1-4H3,(H,31,36)(H,32,34)/t23-,24+,26-/m0/s1. The number of benzene rings is 2. The molecule has 1 aliphatic rings. The van der Waals surface area contributed by atoms with Crippen LogP contribution in [0.3, 0.4) is 0 Å². The Labute approximate surface area is 244 Å². The molecule has 1 saturated heterocycles. The normalized spacial score (nSPS) is 16.1. The molecule has 2 aromatic rings. The molecule has 3 atom stereocenters. The first-order valence-electron chi connectivity index (χ1n) is 13.5. The number of nitrogens with zero attached hydrogens (tertiary/aromatic N) is 1. The zero-order valence-corrected chi connectivity index (χ0v) is 24.5. The number of amides is 3. The smallest absolute Gasteiger partial charge is 0.375 e. The molecular weight excluding hydrogens is 546 g/mol. The number of hydrogen-bond donors (Lipinski definition) is 2. The highest BCUT2D eigenvalue weighted by molar-refractivity contribution is 7.99. The highest BCUT2D eigenvalue weighted by Gasteiger charge is 2.39. The molecular formula is C30H37N3O7S. The number of carbonyl (C=O) groups is 5. The predicted octanol–water partition coefficient (Wildman–Crippen LogP) is 2.56. The maximum absolute atomic E-state index is 13.6. The van der Waals surface area contributed by atoms with E-state index in [9.17, 15) is 24.0 Å². The number of rotatable bonds is 13. The van der Waals surface area contributed by atoms with E-state index in [-0.39, 0.29) is 30.7 Å². The van der Waals surface area contributed by atoms with E-state index >= 15 is 0 Å². The van der Waals surface area contributed by atoms with Gasteiger partial charge in [-0.3, -0.25) is 19.2 Å². The summed E-state index contributed by atoms with van der Waals surface area (Å²) in [6.45, 7) is 6.60. The van der Waals surface area contributed by atoms with Crippen molar-refractivity contribution >= 4 is 41.2 Å². The molecule has 0 bridgehead atoms. The van der Waals surface area contributed by atoms with Crippen LogP contribution in [0, 0.1) is 11.8 Å². The SMILES string of the molecule is CC(C)OC(=O)C(=O)[C@H](Cc1ccccc1)C(=O)N[C@H]1CSCN1C(=O)[C@@H](NC(=O)COc1ccccc1)C(C)C. The number of ketones is 1. The predicted molar refractivity (Wildman–Crippen MR) is 155 cm³/mol. The van der Waals surface area contributed by atoms with Gasteiger partial charge in [0.05, 0.1) is 12.0 Å². The van der Waals surface area contributed by atoms with Gasteiger partial charge in [-0.25, -0.2) is 4.79 Å². The van der Waals surface area contributed by atoms with Crippen LogP contribution in [0.4, 0.5) is 0 Å². The van der Waals surface area contributed by atoms with Crippen LogP contribution in [0.2, 0.25) is 0 Å². The first-order chi connectivity index (χ1) is 19.6. The summed E-state index contributed by atoms with van der Waals surface area (Å²) < 4.78 is 10.6. The molecule has 1 fully saturated rings. The molecule has 1 aliphatic heterocycles. The van der Waals surface area contributed by atoms with E-state index in [1.165, 1.54) is 16.7 Å². The van der Waals surface area contributed by atoms with Gasteiger partial charge in [-0.1, -0.05) is 62.4 Å². The van der Waals surface area contributed by atoms with Crippen LogP contribution in [-0.4, -0.2) is 70.9 Å². The average Bonchev–Trinajstić information content (AvgIpc) is 3.41. The number of ether oxygens (including phenoxy) is 2. The van der Waals surface area contributed by atoms with Crippen molar-refractivity contribution in [1.29, 1.82) is 0 Å². The quantitative estimate of drug-likeness (QED) is 0.209. The van der Waals surface area contributed by atoms with Crippen molar-refractivity contribution in [2.45, 2.75) is 52.4 Å². The highest BCUT2D eigenvalue weighted by Crippen LogP contribution is 2.23. The van der Waals surface area contributed by atoms with Crippen LogP contribution in [0.15, 0.2) is 60.7 Å². The first kappa shape index (κ1) is 31.7. The van der Waals surface area contributed by atoms with Crippen molar-refractivity contribution in [3.05, 3.63) is 66.2 Å². The van der Waals surface area contributed by atoms with E-state index in [2.05, 4.69) is 10.6 Å². The molecule has 10 nitrogen and oxygen atoms in total. The second-order valence-electron chi connectivity index (χ2n) is 10.3. The molecule has 3 amide bonds. The second-order valence-corrected chi connectivity index (χ2v) is 11.3. The zero-order valence-electron chi connectivity index (χ0n) is 23.7. The van der Waals surface area contributed by atoms with Crippen LogP contribution in [0.1, 0.15) is 33.3 Å². The third-order valence-electron chi connectivity index (χ3n) is 6.30. The van der Waals surface area contributed by atoms with Gasteiger partial charge in [-0.05, 0) is 43.9 Å². The molecule has 2 aromatic carbocycles. The van der Waals surface area contributed by atoms with Crippen molar-refractivity contribution in [1.82, 2.24) is 15.5 Å². The summed E-state index contributed by atoms with van der Waals surface area (Å²) >= 11 is 1.43. The molecule has 0 saturated carbocycles. The number of carbonyl (C=O) groups excluding carboxylic acids is 5. The van der Waals surface area contributed by atoms with Crippen molar-refractivity contribution in [3.63, 3.8) is 0 Å². The van der Waals surface area contributed by atoms with E-state index in [0.29, 0.717) is 17.1 Å². The van der Waals surface area contributed by atoms with Gasteiger partial charge in [0, 0.05) is 5.75 Å². The molecule has 1 heterocycles. The fourth-order valence-electron chi connectivity index (χ4n) is 4.19. The van der Waals surface area contributed by atoms with Crippen LogP contribution in [0.5, 0.6) is 5.75 Å². The Kier molecular flexibility index (Phi) is 11.8. The van der Waals surface area contributed by atoms with Gasteiger partial charge in [-0.2, -0.15) is 0 Å². The summed E-state index contributed by atoms with van der Waals surface area (Å²) in [6, 6.07) is 16.9. The minimum absolute atomic E-state index is 0.00139. The molecule has 0 spiro atoms. The van der Waals surface area contributed by atoms with Crippen molar-refractivity contribution in [2.24, 2.45) is 11.8 Å². The Bertz CT molecular complexity index is 1210. The molecule has 0 radical (unpaired) electrons. The van der Waals surface area contributed by atoms with Crippen LogP contribution >= 0.6 is 11.8 Å². The average molecular weight is 584 g/mol. The van der Waals surface area contributed by atoms with E-state index in [4.69, 9.17) is 9.47 Å². The van der Waals surface area contributed by atoms with Crippen molar-refractivity contribution in [2.75, 3.05) is 18.2 Å². The lowest BCUT2D eigenvalue weighted by molar-refractivity contribution is -0.160. The lowest BCUT2D eigenvalue weighted by Crippen LogP contribution is -2.58. The fourth-order valence-corrected chi connectivity index (χ4v) is 5.28. The topological polar surface area (TPSA) is 131 Å². The summed E-state index contributed by atoms with van der Waals surface area (Å²) in [6.07, 6.45) is -1.25. The number of para-hydroxylation sites is 1. The minimum atomic E-state index is -1.33. The number of nitrogens with one attached hydrogen (secondary N) is 2. The zero-order chi connectivity index (χ0) is 29.9. The Morgan fingerprint density at radius 2 is 1.59 bits per heavy atom. The Morgan fingerprint density at radius 1 is 0.951 bits per heavy atom. The van der Waals surface area contributed by atoms with Crippen molar-refractivity contribution < 1.29 is 33.4 Å². The summed E-state index contributed by atoms with van der Waals surface area (Å²) in [4.78, 5) is 66.6. The largest absolute Gasteiger partial charge is 0.484 e. The maximum Gasteiger partial charge on any atom is 0.375 e. The van der Waals surface area contributed by atoms with Crippen molar-refractivity contribution in [3.8, 4) is 5.75 Å². The van der Waals surface area contributed by atoms with Crippen LogP contribution in [-0.2, 0) is 35.1 Å². The molecule has 220 valence electrons. The summed E-state index contributed by atoms with van der Waals surface area (Å²) in [5.74, 6) is -3.90. The van der Waals surface area contributed by atoms with Gasteiger partial charge in [0.25, 0.3) is 11.7 Å². The lowest BCUT2D eigenvalue weighted by Gasteiger charge is -2.31. The Balaban J connectivity index is 1.69. The van der Waals surface area contributed by atoms with E-state index < -0.39 is 47.8 Å². The van der Waals surface area contributed by atoms with E-state index in [0.717, 1.165) is 0 Å².